The van der Waals surface area contributed by atoms with Gasteiger partial charge in [0.1, 0.15) is 5.82 Å². The molecule has 0 heterocycles. The van der Waals surface area contributed by atoms with E-state index in [-0.39, 0.29) is 11.1 Å². The highest BCUT2D eigenvalue weighted by molar-refractivity contribution is 6.30. The van der Waals surface area contributed by atoms with Crippen LogP contribution in [-0.4, -0.2) is 0 Å². The van der Waals surface area contributed by atoms with E-state index in [1.807, 2.05) is 0 Å². The van der Waals surface area contributed by atoms with Crippen LogP contribution in [0, 0.1) is 19.7 Å². The van der Waals surface area contributed by atoms with E-state index in [9.17, 15) is 4.39 Å². The van der Waals surface area contributed by atoms with Crippen LogP contribution in [0.5, 0.6) is 0 Å². The maximum Gasteiger partial charge on any atom is 0.141 e. The van der Waals surface area contributed by atoms with Gasteiger partial charge >= 0.3 is 0 Å². The van der Waals surface area contributed by atoms with Crippen molar-refractivity contribution in [2.75, 3.05) is 0 Å². The summed E-state index contributed by atoms with van der Waals surface area (Å²) in [6, 6.07) is 10.9. The molecule has 0 aromatic heterocycles. The molecule has 3 N–H and O–H groups in total. The molecule has 0 radical (unpaired) electrons. The second-order valence-corrected chi connectivity index (χ2v) is 5.43. The minimum atomic E-state index is -0.419. The minimum Gasteiger partial charge on any atom is -0.271 e. The molecule has 0 saturated carbocycles. The van der Waals surface area contributed by atoms with Crippen molar-refractivity contribution in [1.29, 1.82) is 0 Å². The summed E-state index contributed by atoms with van der Waals surface area (Å²) < 4.78 is 13.2. The summed E-state index contributed by atoms with van der Waals surface area (Å²) in [4.78, 5) is 0. The van der Waals surface area contributed by atoms with Crippen LogP contribution in [0.2, 0.25) is 5.02 Å². The van der Waals surface area contributed by atoms with E-state index in [4.69, 9.17) is 17.4 Å². The topological polar surface area (TPSA) is 38.0 Å². The Labute approximate surface area is 123 Å². The molecule has 0 fully saturated rings. The van der Waals surface area contributed by atoms with E-state index in [2.05, 4.69) is 37.5 Å². The maximum atomic E-state index is 13.2. The van der Waals surface area contributed by atoms with Crippen molar-refractivity contribution in [1.82, 2.24) is 5.43 Å². The highest BCUT2D eigenvalue weighted by atomic mass is 35.5. The van der Waals surface area contributed by atoms with Gasteiger partial charge in [-0.1, -0.05) is 41.4 Å². The zero-order chi connectivity index (χ0) is 14.7. The summed E-state index contributed by atoms with van der Waals surface area (Å²) in [5.41, 5.74) is 7.29. The summed E-state index contributed by atoms with van der Waals surface area (Å²) in [7, 11) is 0. The third kappa shape index (κ3) is 3.37. The molecule has 0 saturated heterocycles. The fourth-order valence-electron chi connectivity index (χ4n) is 2.24. The number of aryl methyl sites for hydroxylation is 2. The zero-order valence-electron chi connectivity index (χ0n) is 11.6. The van der Waals surface area contributed by atoms with Gasteiger partial charge in [0.15, 0.2) is 0 Å². The van der Waals surface area contributed by atoms with Crippen molar-refractivity contribution in [2.24, 2.45) is 5.84 Å². The molecule has 106 valence electrons. The van der Waals surface area contributed by atoms with Gasteiger partial charge in [-0.15, -0.1) is 0 Å². The number of nitrogens with two attached hydrogens (primary N) is 1. The first-order valence-corrected chi connectivity index (χ1v) is 6.86. The Kier molecular flexibility index (Phi) is 4.76. The number of hydrazine groups is 1. The standard InChI is InChI=1S/C16H18ClFN2/c1-10-3-4-11(2)13(7-10)9-16(20-19)12-5-6-15(18)14(17)8-12/h3-8,16,20H,9,19H2,1-2H3. The number of hydrogen-bond donors (Lipinski definition) is 2. The first kappa shape index (κ1) is 15.0. The third-order valence-electron chi connectivity index (χ3n) is 3.48. The summed E-state index contributed by atoms with van der Waals surface area (Å²) >= 11 is 5.83. The molecule has 1 atom stereocenters. The first-order valence-electron chi connectivity index (χ1n) is 6.48. The van der Waals surface area contributed by atoms with Gasteiger partial charge in [-0.2, -0.15) is 0 Å². The van der Waals surface area contributed by atoms with E-state index < -0.39 is 5.82 Å². The molecule has 4 heteroatoms. The maximum absolute atomic E-state index is 13.2. The molecule has 0 aliphatic heterocycles. The Balaban J connectivity index is 2.28. The Morgan fingerprint density at radius 2 is 1.95 bits per heavy atom. The van der Waals surface area contributed by atoms with E-state index in [0.29, 0.717) is 0 Å². The van der Waals surface area contributed by atoms with Crippen molar-refractivity contribution in [2.45, 2.75) is 26.3 Å². The monoisotopic (exact) mass is 292 g/mol. The lowest BCUT2D eigenvalue weighted by Crippen LogP contribution is -2.29. The quantitative estimate of drug-likeness (QED) is 0.664. The molecular formula is C16H18ClFN2. The third-order valence-corrected chi connectivity index (χ3v) is 3.77. The van der Waals surface area contributed by atoms with Crippen molar-refractivity contribution in [3.8, 4) is 0 Å². The summed E-state index contributed by atoms with van der Waals surface area (Å²) in [6.07, 6.45) is 0.728. The number of halogens is 2. The van der Waals surface area contributed by atoms with Crippen molar-refractivity contribution >= 4 is 11.6 Å². The molecule has 20 heavy (non-hydrogen) atoms. The van der Waals surface area contributed by atoms with Crippen LogP contribution in [0.15, 0.2) is 36.4 Å². The van der Waals surface area contributed by atoms with Crippen LogP contribution >= 0.6 is 11.6 Å². The molecule has 2 aromatic rings. The number of rotatable bonds is 4. The molecule has 1 unspecified atom stereocenters. The predicted molar refractivity (Wildman–Crippen MR) is 81.1 cm³/mol. The van der Waals surface area contributed by atoms with Gasteiger partial charge in [-0.3, -0.25) is 11.3 Å². The highest BCUT2D eigenvalue weighted by Crippen LogP contribution is 2.24. The fraction of sp³-hybridized carbons (Fsp3) is 0.250. The normalized spacial score (nSPS) is 12.4. The van der Waals surface area contributed by atoms with E-state index in [1.165, 1.54) is 22.8 Å². The molecule has 0 aliphatic carbocycles. The lowest BCUT2D eigenvalue weighted by Gasteiger charge is -2.18. The summed E-state index contributed by atoms with van der Waals surface area (Å²) in [6.45, 7) is 4.13. The Morgan fingerprint density at radius 3 is 2.60 bits per heavy atom. The van der Waals surface area contributed by atoms with Crippen molar-refractivity contribution in [3.63, 3.8) is 0 Å². The lowest BCUT2D eigenvalue weighted by atomic mass is 9.95. The molecule has 0 amide bonds. The van der Waals surface area contributed by atoms with Crippen LogP contribution in [0.4, 0.5) is 4.39 Å². The largest absolute Gasteiger partial charge is 0.271 e. The number of benzene rings is 2. The first-order chi connectivity index (χ1) is 9.51. The van der Waals surface area contributed by atoms with Crippen LogP contribution < -0.4 is 11.3 Å². The average molecular weight is 293 g/mol. The second kappa shape index (κ2) is 6.35. The fourth-order valence-corrected chi connectivity index (χ4v) is 2.43. The van der Waals surface area contributed by atoms with Gasteiger partial charge in [-0.05, 0) is 49.1 Å². The molecule has 2 aromatic carbocycles. The molecule has 2 rings (SSSR count). The lowest BCUT2D eigenvalue weighted by molar-refractivity contribution is 0.548. The molecule has 0 spiro atoms. The van der Waals surface area contributed by atoms with Gasteiger partial charge in [-0.25, -0.2) is 4.39 Å². The summed E-state index contributed by atoms with van der Waals surface area (Å²) in [5.74, 6) is 5.22. The van der Waals surface area contributed by atoms with Gasteiger partial charge < -0.3 is 0 Å². The van der Waals surface area contributed by atoms with Gasteiger partial charge in [0.05, 0.1) is 11.1 Å². The van der Waals surface area contributed by atoms with Crippen LogP contribution in [0.3, 0.4) is 0 Å². The Hall–Kier alpha value is -1.42. The van der Waals surface area contributed by atoms with Crippen molar-refractivity contribution < 1.29 is 4.39 Å². The number of hydrogen-bond acceptors (Lipinski definition) is 2. The number of nitrogens with one attached hydrogen (secondary N) is 1. The van der Waals surface area contributed by atoms with Crippen LogP contribution in [0.1, 0.15) is 28.3 Å². The van der Waals surface area contributed by atoms with Crippen LogP contribution in [-0.2, 0) is 6.42 Å². The summed E-state index contributed by atoms with van der Waals surface area (Å²) in [5, 5.41) is 0.115. The van der Waals surface area contributed by atoms with E-state index in [1.54, 1.807) is 12.1 Å². The SMILES string of the molecule is Cc1ccc(C)c(CC(NN)c2ccc(F)c(Cl)c2)c1. The average Bonchev–Trinajstić information content (AvgIpc) is 2.43. The molecule has 0 bridgehead atoms. The molecular weight excluding hydrogens is 275 g/mol. The smallest absolute Gasteiger partial charge is 0.141 e. The van der Waals surface area contributed by atoms with E-state index in [0.717, 1.165) is 12.0 Å². The Bertz CT molecular complexity index is 613. The molecule has 2 nitrogen and oxygen atoms in total. The van der Waals surface area contributed by atoms with E-state index >= 15 is 0 Å². The zero-order valence-corrected chi connectivity index (χ0v) is 12.3. The van der Waals surface area contributed by atoms with Gasteiger partial charge in [0, 0.05) is 0 Å². The highest BCUT2D eigenvalue weighted by Gasteiger charge is 2.14. The molecule has 0 aliphatic rings. The van der Waals surface area contributed by atoms with Gasteiger partial charge in [0.2, 0.25) is 0 Å². The van der Waals surface area contributed by atoms with Crippen LogP contribution in [0.25, 0.3) is 0 Å². The predicted octanol–water partition coefficient (Wildman–Crippen LogP) is 3.84. The second-order valence-electron chi connectivity index (χ2n) is 5.03. The minimum absolute atomic E-state index is 0.103. The Morgan fingerprint density at radius 1 is 1.20 bits per heavy atom. The van der Waals surface area contributed by atoms with Gasteiger partial charge in [0.25, 0.3) is 0 Å². The van der Waals surface area contributed by atoms with Crippen molar-refractivity contribution in [3.05, 3.63) is 69.5 Å².